The molecule has 0 spiro atoms. The lowest BCUT2D eigenvalue weighted by atomic mass is 10.3. The second-order valence-corrected chi connectivity index (χ2v) is 6.32. The van der Waals surface area contributed by atoms with E-state index in [0.29, 0.717) is 26.8 Å². The van der Waals surface area contributed by atoms with Crippen LogP contribution in [0.25, 0.3) is 11.5 Å². The highest BCUT2D eigenvalue weighted by Crippen LogP contribution is 2.26. The van der Waals surface area contributed by atoms with E-state index in [1.165, 1.54) is 0 Å². The van der Waals surface area contributed by atoms with Crippen LogP contribution in [-0.2, 0) is 4.79 Å². The predicted molar refractivity (Wildman–Crippen MR) is 93.3 cm³/mol. The number of hydrogen-bond acceptors (Lipinski definition) is 6. The van der Waals surface area contributed by atoms with E-state index in [1.807, 2.05) is 6.07 Å². The van der Waals surface area contributed by atoms with Gasteiger partial charge in [0.1, 0.15) is 0 Å². The third kappa shape index (κ3) is 4.25. The molecule has 0 radical (unpaired) electrons. The Bertz CT molecular complexity index is 858. The summed E-state index contributed by atoms with van der Waals surface area (Å²) in [4.78, 5) is 15.9. The summed E-state index contributed by atoms with van der Waals surface area (Å²) in [5.41, 5.74) is 1.29. The van der Waals surface area contributed by atoms with E-state index in [4.69, 9.17) is 27.6 Å². The van der Waals surface area contributed by atoms with Gasteiger partial charge in [-0.15, -0.1) is 10.2 Å². The van der Waals surface area contributed by atoms with Crippen molar-refractivity contribution in [2.75, 3.05) is 11.1 Å². The number of halogens is 2. The second-order valence-electron chi connectivity index (χ2n) is 4.58. The molecule has 6 nitrogen and oxygen atoms in total. The Morgan fingerprint density at radius 1 is 1.21 bits per heavy atom. The van der Waals surface area contributed by atoms with E-state index in [2.05, 4.69) is 20.5 Å². The smallest absolute Gasteiger partial charge is 0.277 e. The molecule has 3 aromatic rings. The summed E-state index contributed by atoms with van der Waals surface area (Å²) in [5.74, 6) is 0.254. The third-order valence-corrected chi connectivity index (χ3v) is 4.40. The number of thioether (sulfide) groups is 1. The molecule has 1 aromatic carbocycles. The molecule has 122 valence electrons. The molecular formula is C15H10Cl2N4O2S. The van der Waals surface area contributed by atoms with Gasteiger partial charge in [0, 0.05) is 18.1 Å². The number of carbonyl (C=O) groups excluding carboxylic acids is 1. The lowest BCUT2D eigenvalue weighted by molar-refractivity contribution is -0.113. The number of anilines is 1. The van der Waals surface area contributed by atoms with Crippen LogP contribution in [-0.4, -0.2) is 26.8 Å². The molecule has 24 heavy (non-hydrogen) atoms. The largest absolute Gasteiger partial charge is 0.411 e. The van der Waals surface area contributed by atoms with Gasteiger partial charge in [-0.1, -0.05) is 35.0 Å². The van der Waals surface area contributed by atoms with Crippen molar-refractivity contribution < 1.29 is 9.21 Å². The quantitative estimate of drug-likeness (QED) is 0.668. The van der Waals surface area contributed by atoms with Crippen LogP contribution in [0.3, 0.4) is 0 Å². The lowest BCUT2D eigenvalue weighted by Crippen LogP contribution is -2.13. The van der Waals surface area contributed by atoms with Gasteiger partial charge in [0.15, 0.2) is 0 Å². The molecule has 0 saturated carbocycles. The van der Waals surface area contributed by atoms with Gasteiger partial charge in [0.05, 0.1) is 21.4 Å². The SMILES string of the molecule is O=C(CSc1nnc(-c2cccnc2)o1)Nc1ccc(Cl)c(Cl)c1. The zero-order valence-electron chi connectivity index (χ0n) is 12.1. The normalized spacial score (nSPS) is 10.6. The van der Waals surface area contributed by atoms with Crippen molar-refractivity contribution in [1.29, 1.82) is 0 Å². The van der Waals surface area contributed by atoms with Crippen molar-refractivity contribution >= 4 is 46.6 Å². The molecule has 1 N–H and O–H groups in total. The Kier molecular flexibility index (Phi) is 5.34. The van der Waals surface area contributed by atoms with Gasteiger partial charge in [-0.05, 0) is 30.3 Å². The van der Waals surface area contributed by atoms with E-state index >= 15 is 0 Å². The molecular weight excluding hydrogens is 371 g/mol. The van der Waals surface area contributed by atoms with E-state index in [1.54, 1.807) is 36.7 Å². The fourth-order valence-electron chi connectivity index (χ4n) is 1.77. The molecule has 3 rings (SSSR count). The number of nitrogens with one attached hydrogen (secondary N) is 1. The first-order chi connectivity index (χ1) is 11.6. The van der Waals surface area contributed by atoms with Crippen LogP contribution in [0.2, 0.25) is 10.0 Å². The highest BCUT2D eigenvalue weighted by atomic mass is 35.5. The predicted octanol–water partition coefficient (Wildman–Crippen LogP) is 4.17. The van der Waals surface area contributed by atoms with Crippen LogP contribution in [0.5, 0.6) is 0 Å². The maximum absolute atomic E-state index is 12.0. The molecule has 2 heterocycles. The summed E-state index contributed by atoms with van der Waals surface area (Å²) in [7, 11) is 0. The minimum Gasteiger partial charge on any atom is -0.411 e. The molecule has 0 unspecified atom stereocenters. The Morgan fingerprint density at radius 3 is 2.83 bits per heavy atom. The Balaban J connectivity index is 1.56. The summed E-state index contributed by atoms with van der Waals surface area (Å²) in [6.07, 6.45) is 3.28. The van der Waals surface area contributed by atoms with Crippen LogP contribution in [0.1, 0.15) is 0 Å². The molecule has 0 bridgehead atoms. The first-order valence-electron chi connectivity index (χ1n) is 6.73. The average molecular weight is 381 g/mol. The minimum absolute atomic E-state index is 0.120. The summed E-state index contributed by atoms with van der Waals surface area (Å²) < 4.78 is 5.49. The standard InChI is InChI=1S/C15H10Cl2N4O2S/c16-11-4-3-10(6-12(11)17)19-13(22)8-24-15-21-20-14(23-15)9-2-1-5-18-7-9/h1-7H,8H2,(H,19,22). The number of aromatic nitrogens is 3. The van der Waals surface area contributed by atoms with E-state index in [0.717, 1.165) is 17.3 Å². The number of hydrogen-bond donors (Lipinski definition) is 1. The minimum atomic E-state index is -0.223. The zero-order valence-corrected chi connectivity index (χ0v) is 14.4. The van der Waals surface area contributed by atoms with Crippen molar-refractivity contribution in [2.45, 2.75) is 5.22 Å². The van der Waals surface area contributed by atoms with Gasteiger partial charge < -0.3 is 9.73 Å². The number of pyridine rings is 1. The first kappa shape index (κ1) is 16.8. The molecule has 0 aliphatic carbocycles. The topological polar surface area (TPSA) is 80.9 Å². The fourth-order valence-corrected chi connectivity index (χ4v) is 2.63. The van der Waals surface area contributed by atoms with Crippen LogP contribution >= 0.6 is 35.0 Å². The summed E-state index contributed by atoms with van der Waals surface area (Å²) >= 11 is 12.9. The summed E-state index contributed by atoms with van der Waals surface area (Å²) in [5, 5.41) is 11.6. The average Bonchev–Trinajstić information content (AvgIpc) is 3.06. The van der Waals surface area contributed by atoms with Gasteiger partial charge in [-0.25, -0.2) is 0 Å². The number of amides is 1. The van der Waals surface area contributed by atoms with E-state index in [-0.39, 0.29) is 11.7 Å². The van der Waals surface area contributed by atoms with Gasteiger partial charge in [0.25, 0.3) is 5.22 Å². The molecule has 2 aromatic heterocycles. The summed E-state index contributed by atoms with van der Waals surface area (Å²) in [6, 6.07) is 8.46. The molecule has 0 atom stereocenters. The maximum atomic E-state index is 12.0. The molecule has 0 fully saturated rings. The van der Waals surface area contributed by atoms with Gasteiger partial charge in [-0.3, -0.25) is 9.78 Å². The summed E-state index contributed by atoms with van der Waals surface area (Å²) in [6.45, 7) is 0. The number of benzene rings is 1. The van der Waals surface area contributed by atoms with Crippen molar-refractivity contribution in [3.63, 3.8) is 0 Å². The maximum Gasteiger partial charge on any atom is 0.277 e. The molecule has 1 amide bonds. The number of rotatable bonds is 5. The van der Waals surface area contributed by atoms with E-state index < -0.39 is 0 Å². The lowest BCUT2D eigenvalue weighted by Gasteiger charge is -2.05. The Hall–Kier alpha value is -2.09. The monoisotopic (exact) mass is 380 g/mol. The molecule has 0 aliphatic heterocycles. The third-order valence-electron chi connectivity index (χ3n) is 2.85. The Morgan fingerprint density at radius 2 is 2.08 bits per heavy atom. The van der Waals surface area contributed by atoms with Crippen LogP contribution in [0.15, 0.2) is 52.4 Å². The van der Waals surface area contributed by atoms with Crippen molar-refractivity contribution in [3.8, 4) is 11.5 Å². The van der Waals surface area contributed by atoms with Crippen LogP contribution in [0.4, 0.5) is 5.69 Å². The van der Waals surface area contributed by atoms with Crippen molar-refractivity contribution in [3.05, 3.63) is 52.8 Å². The molecule has 9 heteroatoms. The fraction of sp³-hybridized carbons (Fsp3) is 0.0667. The highest BCUT2D eigenvalue weighted by molar-refractivity contribution is 7.99. The van der Waals surface area contributed by atoms with Gasteiger partial charge >= 0.3 is 0 Å². The van der Waals surface area contributed by atoms with Crippen LogP contribution in [0, 0.1) is 0 Å². The van der Waals surface area contributed by atoms with Crippen molar-refractivity contribution in [1.82, 2.24) is 15.2 Å². The van der Waals surface area contributed by atoms with Crippen LogP contribution < -0.4 is 5.32 Å². The van der Waals surface area contributed by atoms with Crippen molar-refractivity contribution in [2.24, 2.45) is 0 Å². The number of nitrogens with zero attached hydrogens (tertiary/aromatic N) is 3. The highest BCUT2D eigenvalue weighted by Gasteiger charge is 2.11. The molecule has 0 saturated heterocycles. The van der Waals surface area contributed by atoms with Gasteiger partial charge in [0.2, 0.25) is 11.8 Å². The zero-order chi connectivity index (χ0) is 16.9. The molecule has 0 aliphatic rings. The second kappa shape index (κ2) is 7.65. The van der Waals surface area contributed by atoms with E-state index in [9.17, 15) is 4.79 Å². The van der Waals surface area contributed by atoms with Gasteiger partial charge in [-0.2, -0.15) is 0 Å². The number of carbonyl (C=O) groups is 1. The first-order valence-corrected chi connectivity index (χ1v) is 8.47. The Labute approximate surface area is 151 Å².